The summed E-state index contributed by atoms with van der Waals surface area (Å²) < 4.78 is 7.31. The SMILES string of the molecule is CCOc1ccc(NCc2cnn3ccccc23)cc1. The fourth-order valence-corrected chi connectivity index (χ4v) is 2.16. The summed E-state index contributed by atoms with van der Waals surface area (Å²) in [5.74, 6) is 0.897. The summed E-state index contributed by atoms with van der Waals surface area (Å²) in [6, 6.07) is 14.1. The molecular formula is C16H17N3O. The summed E-state index contributed by atoms with van der Waals surface area (Å²) in [5, 5.41) is 7.73. The minimum atomic E-state index is 0.690. The number of rotatable bonds is 5. The van der Waals surface area contributed by atoms with Crippen LogP contribution in [0.1, 0.15) is 12.5 Å². The summed E-state index contributed by atoms with van der Waals surface area (Å²) in [7, 11) is 0. The Balaban J connectivity index is 1.69. The van der Waals surface area contributed by atoms with E-state index in [2.05, 4.69) is 16.5 Å². The molecule has 0 amide bonds. The van der Waals surface area contributed by atoms with Crippen molar-refractivity contribution in [2.24, 2.45) is 0 Å². The molecule has 0 fully saturated rings. The monoisotopic (exact) mass is 267 g/mol. The van der Waals surface area contributed by atoms with E-state index in [-0.39, 0.29) is 0 Å². The van der Waals surface area contributed by atoms with Crippen LogP contribution in [0.15, 0.2) is 54.9 Å². The molecule has 20 heavy (non-hydrogen) atoms. The van der Waals surface area contributed by atoms with E-state index in [0.29, 0.717) is 6.61 Å². The lowest BCUT2D eigenvalue weighted by molar-refractivity contribution is 0.340. The van der Waals surface area contributed by atoms with E-state index in [4.69, 9.17) is 4.74 Å². The van der Waals surface area contributed by atoms with Crippen LogP contribution in [-0.2, 0) is 6.54 Å². The number of benzene rings is 1. The maximum absolute atomic E-state index is 5.43. The average Bonchev–Trinajstić information content (AvgIpc) is 2.90. The van der Waals surface area contributed by atoms with Crippen molar-refractivity contribution < 1.29 is 4.74 Å². The highest BCUT2D eigenvalue weighted by atomic mass is 16.5. The van der Waals surface area contributed by atoms with Crippen LogP contribution in [0.25, 0.3) is 5.52 Å². The van der Waals surface area contributed by atoms with Crippen LogP contribution >= 0.6 is 0 Å². The zero-order chi connectivity index (χ0) is 13.8. The second-order valence-electron chi connectivity index (χ2n) is 4.51. The summed E-state index contributed by atoms with van der Waals surface area (Å²) in [6.07, 6.45) is 3.85. The number of fused-ring (bicyclic) bond motifs is 1. The van der Waals surface area contributed by atoms with Crippen molar-refractivity contribution in [2.75, 3.05) is 11.9 Å². The van der Waals surface area contributed by atoms with Gasteiger partial charge in [0.25, 0.3) is 0 Å². The van der Waals surface area contributed by atoms with Gasteiger partial charge in [0.15, 0.2) is 0 Å². The predicted molar refractivity (Wildman–Crippen MR) is 80.1 cm³/mol. The van der Waals surface area contributed by atoms with E-state index in [1.54, 1.807) is 0 Å². The normalized spacial score (nSPS) is 10.7. The van der Waals surface area contributed by atoms with Gasteiger partial charge in [-0.15, -0.1) is 0 Å². The Kier molecular flexibility index (Phi) is 3.54. The third kappa shape index (κ3) is 2.59. The first kappa shape index (κ1) is 12.5. The molecule has 0 spiro atoms. The molecule has 0 aliphatic heterocycles. The minimum Gasteiger partial charge on any atom is -0.494 e. The number of hydrogen-bond donors (Lipinski definition) is 1. The fraction of sp³-hybridized carbons (Fsp3) is 0.188. The van der Waals surface area contributed by atoms with Crippen LogP contribution < -0.4 is 10.1 Å². The first-order valence-electron chi connectivity index (χ1n) is 6.75. The Bertz CT molecular complexity index is 688. The molecule has 3 rings (SSSR count). The van der Waals surface area contributed by atoms with Gasteiger partial charge in [-0.2, -0.15) is 5.10 Å². The lowest BCUT2D eigenvalue weighted by Crippen LogP contribution is -1.99. The molecule has 0 radical (unpaired) electrons. The van der Waals surface area contributed by atoms with E-state index >= 15 is 0 Å². The molecule has 0 atom stereocenters. The molecule has 4 nitrogen and oxygen atoms in total. The molecule has 2 aromatic heterocycles. The molecule has 102 valence electrons. The van der Waals surface area contributed by atoms with Crippen molar-refractivity contribution >= 4 is 11.2 Å². The Morgan fingerprint density at radius 3 is 2.80 bits per heavy atom. The third-order valence-corrected chi connectivity index (χ3v) is 3.15. The first-order chi connectivity index (χ1) is 9.86. The van der Waals surface area contributed by atoms with Gasteiger partial charge < -0.3 is 10.1 Å². The maximum Gasteiger partial charge on any atom is 0.119 e. The topological polar surface area (TPSA) is 38.6 Å². The Hall–Kier alpha value is -2.49. The molecule has 0 aliphatic carbocycles. The van der Waals surface area contributed by atoms with Crippen molar-refractivity contribution in [3.05, 3.63) is 60.4 Å². The molecule has 2 heterocycles. The van der Waals surface area contributed by atoms with Gasteiger partial charge >= 0.3 is 0 Å². The second kappa shape index (κ2) is 5.65. The second-order valence-corrected chi connectivity index (χ2v) is 4.51. The van der Waals surface area contributed by atoms with Crippen LogP contribution in [0.3, 0.4) is 0 Å². The summed E-state index contributed by atoms with van der Waals surface area (Å²) in [6.45, 7) is 3.42. The van der Waals surface area contributed by atoms with Gasteiger partial charge in [-0.25, -0.2) is 4.52 Å². The van der Waals surface area contributed by atoms with Crippen LogP contribution in [0.5, 0.6) is 5.75 Å². The average molecular weight is 267 g/mol. The van der Waals surface area contributed by atoms with Crippen LogP contribution in [-0.4, -0.2) is 16.2 Å². The number of nitrogens with zero attached hydrogens (tertiary/aromatic N) is 2. The molecule has 1 N–H and O–H groups in total. The van der Waals surface area contributed by atoms with Crippen LogP contribution in [0.4, 0.5) is 5.69 Å². The largest absolute Gasteiger partial charge is 0.494 e. The minimum absolute atomic E-state index is 0.690. The van der Waals surface area contributed by atoms with E-state index < -0.39 is 0 Å². The molecule has 1 aromatic carbocycles. The summed E-state index contributed by atoms with van der Waals surface area (Å²) in [4.78, 5) is 0. The molecular weight excluding hydrogens is 250 g/mol. The number of anilines is 1. The van der Waals surface area contributed by atoms with Gasteiger partial charge in [0, 0.05) is 24.0 Å². The lowest BCUT2D eigenvalue weighted by atomic mass is 10.2. The van der Waals surface area contributed by atoms with Gasteiger partial charge in [0.2, 0.25) is 0 Å². The quantitative estimate of drug-likeness (QED) is 0.770. The van der Waals surface area contributed by atoms with Crippen LogP contribution in [0.2, 0.25) is 0 Å². The Labute approximate surface area is 118 Å². The highest BCUT2D eigenvalue weighted by molar-refractivity contribution is 5.55. The molecule has 0 unspecified atom stereocenters. The van der Waals surface area contributed by atoms with Gasteiger partial charge in [0.1, 0.15) is 5.75 Å². The lowest BCUT2D eigenvalue weighted by Gasteiger charge is -2.07. The van der Waals surface area contributed by atoms with Crippen molar-refractivity contribution in [1.29, 1.82) is 0 Å². The fourth-order valence-electron chi connectivity index (χ4n) is 2.16. The van der Waals surface area contributed by atoms with E-state index in [9.17, 15) is 0 Å². The highest BCUT2D eigenvalue weighted by Gasteiger charge is 2.02. The smallest absolute Gasteiger partial charge is 0.119 e. The predicted octanol–water partition coefficient (Wildman–Crippen LogP) is 3.35. The number of aromatic nitrogens is 2. The number of nitrogens with one attached hydrogen (secondary N) is 1. The Morgan fingerprint density at radius 1 is 1.15 bits per heavy atom. The third-order valence-electron chi connectivity index (χ3n) is 3.15. The van der Waals surface area contributed by atoms with E-state index in [0.717, 1.165) is 23.5 Å². The number of ether oxygens (including phenoxy) is 1. The standard InChI is InChI=1S/C16H17N3O/c1-2-20-15-8-6-14(7-9-15)17-11-13-12-18-19-10-4-3-5-16(13)19/h3-10,12,17H,2,11H2,1H3. The molecule has 4 heteroatoms. The van der Waals surface area contributed by atoms with Gasteiger partial charge in [-0.1, -0.05) is 6.07 Å². The van der Waals surface area contributed by atoms with Gasteiger partial charge in [0.05, 0.1) is 18.3 Å². The van der Waals surface area contributed by atoms with Crippen molar-refractivity contribution in [3.8, 4) is 5.75 Å². The summed E-state index contributed by atoms with van der Waals surface area (Å²) in [5.41, 5.74) is 3.38. The highest BCUT2D eigenvalue weighted by Crippen LogP contribution is 2.17. The van der Waals surface area contributed by atoms with Crippen molar-refractivity contribution in [1.82, 2.24) is 9.61 Å². The first-order valence-corrected chi connectivity index (χ1v) is 6.75. The van der Waals surface area contributed by atoms with Gasteiger partial charge in [-0.3, -0.25) is 0 Å². The van der Waals surface area contributed by atoms with E-state index in [1.807, 2.05) is 60.2 Å². The molecule has 3 aromatic rings. The summed E-state index contributed by atoms with van der Waals surface area (Å²) >= 11 is 0. The molecule has 0 bridgehead atoms. The number of pyridine rings is 1. The molecule has 0 saturated carbocycles. The molecule has 0 saturated heterocycles. The Morgan fingerprint density at radius 2 is 2.00 bits per heavy atom. The van der Waals surface area contributed by atoms with Crippen LogP contribution in [0, 0.1) is 0 Å². The zero-order valence-electron chi connectivity index (χ0n) is 11.4. The number of hydrogen-bond acceptors (Lipinski definition) is 3. The van der Waals surface area contributed by atoms with Crippen molar-refractivity contribution in [3.63, 3.8) is 0 Å². The maximum atomic E-state index is 5.43. The van der Waals surface area contributed by atoms with Crippen molar-refractivity contribution in [2.45, 2.75) is 13.5 Å². The van der Waals surface area contributed by atoms with E-state index in [1.165, 1.54) is 5.56 Å². The molecule has 0 aliphatic rings. The van der Waals surface area contributed by atoms with Gasteiger partial charge in [-0.05, 0) is 43.3 Å². The zero-order valence-corrected chi connectivity index (χ0v) is 11.4.